The number of methoxy groups -OCH3 is 1. The van der Waals surface area contributed by atoms with Crippen LogP contribution in [0.4, 0.5) is 0 Å². The van der Waals surface area contributed by atoms with Crippen molar-refractivity contribution in [1.29, 1.82) is 0 Å². The lowest BCUT2D eigenvalue weighted by molar-refractivity contribution is -0.146. The van der Waals surface area contributed by atoms with Gasteiger partial charge in [-0.05, 0) is 54.0 Å². The predicted octanol–water partition coefficient (Wildman–Crippen LogP) is 2.97. The van der Waals surface area contributed by atoms with Crippen LogP contribution < -0.4 is 5.32 Å². The first-order chi connectivity index (χ1) is 10.6. The maximum absolute atomic E-state index is 11.6. The fourth-order valence-corrected chi connectivity index (χ4v) is 4.36. The minimum atomic E-state index is -0.0881. The number of nitrogens with zero attached hydrogens (tertiary/aromatic N) is 2. The molecule has 1 aliphatic rings. The van der Waals surface area contributed by atoms with Gasteiger partial charge in [0.25, 0.3) is 0 Å². The molecule has 2 heterocycles. The lowest BCUT2D eigenvalue weighted by Gasteiger charge is -2.33. The van der Waals surface area contributed by atoms with E-state index in [1.165, 1.54) is 14.9 Å². The van der Waals surface area contributed by atoms with E-state index in [-0.39, 0.29) is 35.9 Å². The summed E-state index contributed by atoms with van der Waals surface area (Å²) in [6.45, 7) is 2.56. The van der Waals surface area contributed by atoms with Gasteiger partial charge in [-0.1, -0.05) is 0 Å². The summed E-state index contributed by atoms with van der Waals surface area (Å²) >= 11 is 4.18. The summed E-state index contributed by atoms with van der Waals surface area (Å²) in [4.78, 5) is 19.5. The molecule has 0 unspecified atom stereocenters. The van der Waals surface area contributed by atoms with Crippen molar-refractivity contribution in [2.45, 2.75) is 19.3 Å². The Morgan fingerprint density at radius 3 is 2.70 bits per heavy atom. The second-order valence-electron chi connectivity index (χ2n) is 5.21. The van der Waals surface area contributed by atoms with Gasteiger partial charge in [-0.3, -0.25) is 9.79 Å². The summed E-state index contributed by atoms with van der Waals surface area (Å²) in [5.41, 5.74) is 0. The van der Waals surface area contributed by atoms with E-state index in [2.05, 4.69) is 49.9 Å². The summed E-state index contributed by atoms with van der Waals surface area (Å²) in [5, 5.41) is 3.42. The normalized spacial score (nSPS) is 16.0. The molecule has 130 valence electrons. The predicted molar refractivity (Wildman–Crippen MR) is 114 cm³/mol. The first kappa shape index (κ1) is 20.9. The van der Waals surface area contributed by atoms with Gasteiger partial charge in [-0.2, -0.15) is 0 Å². The summed E-state index contributed by atoms with van der Waals surface area (Å²) in [6.07, 6.45) is 2.66. The second-order valence-corrected chi connectivity index (χ2v) is 8.28. The average Bonchev–Trinajstić information content (AvgIpc) is 2.96. The molecule has 1 aromatic heterocycles. The Hall–Kier alpha value is -0.100. The third kappa shape index (κ3) is 6.37. The van der Waals surface area contributed by atoms with Crippen LogP contribution in [0.15, 0.2) is 17.1 Å². The average molecular weight is 563 g/mol. The zero-order valence-corrected chi connectivity index (χ0v) is 18.7. The number of hydrogen-bond acceptors (Lipinski definition) is 4. The molecule has 5 nitrogen and oxygen atoms in total. The highest BCUT2D eigenvalue weighted by Gasteiger charge is 2.26. The number of carbonyl (C=O) groups is 1. The molecule has 8 heteroatoms. The van der Waals surface area contributed by atoms with Crippen LogP contribution in [0.25, 0.3) is 0 Å². The number of halogens is 2. The summed E-state index contributed by atoms with van der Waals surface area (Å²) < 4.78 is 6.15. The standard InChI is InChI=1S/C15H22IN3O2S.HI/c1-17-15(18-8-5-12-3-4-13(16)22-12)19-9-6-11(7-10-19)14(20)21-2;/h3-4,11H,5-10H2,1-2H3,(H,17,18);1H. The van der Waals surface area contributed by atoms with Crippen molar-refractivity contribution in [3.05, 3.63) is 19.9 Å². The quantitative estimate of drug-likeness (QED) is 0.265. The molecule has 1 N–H and O–H groups in total. The van der Waals surface area contributed by atoms with E-state index in [0.717, 1.165) is 44.9 Å². The van der Waals surface area contributed by atoms with Gasteiger partial charge >= 0.3 is 5.97 Å². The number of hydrogen-bond donors (Lipinski definition) is 1. The lowest BCUT2D eigenvalue weighted by atomic mass is 9.97. The molecule has 0 spiro atoms. The minimum absolute atomic E-state index is 0. The number of thiophene rings is 1. The molecular weight excluding hydrogens is 540 g/mol. The summed E-state index contributed by atoms with van der Waals surface area (Å²) in [6, 6.07) is 4.33. The van der Waals surface area contributed by atoms with Crippen molar-refractivity contribution in [2.24, 2.45) is 10.9 Å². The molecule has 0 atom stereocenters. The SMILES string of the molecule is CN=C(NCCc1ccc(I)s1)N1CCC(C(=O)OC)CC1.I. The fraction of sp³-hybridized carbons (Fsp3) is 0.600. The van der Waals surface area contributed by atoms with Gasteiger partial charge in [0.05, 0.1) is 15.9 Å². The van der Waals surface area contributed by atoms with Crippen LogP contribution in [0.2, 0.25) is 0 Å². The maximum Gasteiger partial charge on any atom is 0.308 e. The molecule has 1 saturated heterocycles. The van der Waals surface area contributed by atoms with E-state index in [4.69, 9.17) is 4.74 Å². The molecule has 23 heavy (non-hydrogen) atoms. The number of esters is 1. The molecule has 0 radical (unpaired) electrons. The van der Waals surface area contributed by atoms with E-state index < -0.39 is 0 Å². The van der Waals surface area contributed by atoms with Crippen LogP contribution in [-0.4, -0.2) is 50.6 Å². The highest BCUT2D eigenvalue weighted by Crippen LogP contribution is 2.19. The number of likely N-dealkylation sites (tertiary alicyclic amines) is 1. The van der Waals surface area contributed by atoms with E-state index in [0.29, 0.717) is 0 Å². The number of piperidine rings is 1. The van der Waals surface area contributed by atoms with Gasteiger partial charge in [0.15, 0.2) is 5.96 Å². The van der Waals surface area contributed by atoms with Crippen LogP contribution in [0.5, 0.6) is 0 Å². The molecule has 2 rings (SSSR count). The van der Waals surface area contributed by atoms with Crippen LogP contribution in [0.1, 0.15) is 17.7 Å². The molecule has 1 aromatic rings. The van der Waals surface area contributed by atoms with Crippen molar-refractivity contribution < 1.29 is 9.53 Å². The van der Waals surface area contributed by atoms with E-state index in [1.807, 2.05) is 18.4 Å². The molecule has 0 saturated carbocycles. The molecule has 1 fully saturated rings. The van der Waals surface area contributed by atoms with Gasteiger partial charge < -0.3 is 15.0 Å². The number of guanidine groups is 1. The Balaban J connectivity index is 0.00000264. The monoisotopic (exact) mass is 563 g/mol. The molecule has 0 aliphatic carbocycles. The highest BCUT2D eigenvalue weighted by atomic mass is 127. The van der Waals surface area contributed by atoms with Crippen molar-refractivity contribution in [3.8, 4) is 0 Å². The Bertz CT molecular complexity index is 529. The molecular formula is C15H23I2N3O2S. The highest BCUT2D eigenvalue weighted by molar-refractivity contribution is 14.1. The van der Waals surface area contributed by atoms with Crippen molar-refractivity contribution in [2.75, 3.05) is 33.8 Å². The lowest BCUT2D eigenvalue weighted by Crippen LogP contribution is -2.47. The third-order valence-corrected chi connectivity index (χ3v) is 5.78. The molecule has 0 amide bonds. The summed E-state index contributed by atoms with van der Waals surface area (Å²) in [7, 11) is 3.27. The Morgan fingerprint density at radius 1 is 1.48 bits per heavy atom. The van der Waals surface area contributed by atoms with Crippen LogP contribution in [0, 0.1) is 8.80 Å². The number of aliphatic imine (C=N–C) groups is 1. The van der Waals surface area contributed by atoms with E-state index in [1.54, 1.807) is 0 Å². The van der Waals surface area contributed by atoms with E-state index in [9.17, 15) is 4.79 Å². The Kier molecular flexibility index (Phi) is 9.74. The van der Waals surface area contributed by atoms with Gasteiger partial charge in [-0.25, -0.2) is 0 Å². The largest absolute Gasteiger partial charge is 0.469 e. The maximum atomic E-state index is 11.6. The van der Waals surface area contributed by atoms with Gasteiger partial charge in [0, 0.05) is 31.6 Å². The Morgan fingerprint density at radius 2 is 2.17 bits per heavy atom. The smallest absolute Gasteiger partial charge is 0.308 e. The van der Waals surface area contributed by atoms with Gasteiger partial charge in [0.1, 0.15) is 0 Å². The molecule has 1 aliphatic heterocycles. The zero-order chi connectivity index (χ0) is 15.9. The fourth-order valence-electron chi connectivity index (χ4n) is 2.61. The molecule has 0 aromatic carbocycles. The van der Waals surface area contributed by atoms with Crippen LogP contribution >= 0.6 is 57.9 Å². The minimum Gasteiger partial charge on any atom is -0.469 e. The zero-order valence-electron chi connectivity index (χ0n) is 13.4. The topological polar surface area (TPSA) is 53.9 Å². The first-order valence-electron chi connectivity index (χ1n) is 7.41. The summed E-state index contributed by atoms with van der Waals surface area (Å²) in [5.74, 6) is 0.872. The number of ether oxygens (including phenoxy) is 1. The van der Waals surface area contributed by atoms with Crippen LogP contribution in [0.3, 0.4) is 0 Å². The Labute approximate surface area is 172 Å². The van der Waals surface area contributed by atoms with Gasteiger partial charge in [-0.15, -0.1) is 35.3 Å². The number of carbonyl (C=O) groups excluding carboxylic acids is 1. The third-order valence-electron chi connectivity index (χ3n) is 3.82. The van der Waals surface area contributed by atoms with Crippen molar-refractivity contribution in [3.63, 3.8) is 0 Å². The first-order valence-corrected chi connectivity index (χ1v) is 9.31. The van der Waals surface area contributed by atoms with Crippen molar-refractivity contribution >= 4 is 69.8 Å². The number of nitrogens with one attached hydrogen (secondary N) is 1. The van der Waals surface area contributed by atoms with Crippen LogP contribution in [-0.2, 0) is 16.0 Å². The van der Waals surface area contributed by atoms with E-state index >= 15 is 0 Å². The molecule has 0 bridgehead atoms. The van der Waals surface area contributed by atoms with Crippen molar-refractivity contribution in [1.82, 2.24) is 10.2 Å². The van der Waals surface area contributed by atoms with Gasteiger partial charge in [0.2, 0.25) is 0 Å². The second kappa shape index (κ2) is 10.7. The number of rotatable bonds is 4.